The van der Waals surface area contributed by atoms with Crippen molar-refractivity contribution in [2.75, 3.05) is 0 Å². The summed E-state index contributed by atoms with van der Waals surface area (Å²) < 4.78 is 0. The molecule has 5 rings (SSSR count). The van der Waals surface area contributed by atoms with Crippen LogP contribution in [0.15, 0.2) is 71.4 Å². The van der Waals surface area contributed by atoms with Gasteiger partial charge in [-0.1, -0.05) is 72.7 Å². The average molecular weight is 385 g/mol. The van der Waals surface area contributed by atoms with E-state index in [0.717, 1.165) is 18.3 Å². The molecule has 152 valence electrons. The molecule has 0 saturated heterocycles. The van der Waals surface area contributed by atoms with Crippen molar-refractivity contribution in [2.24, 2.45) is 23.2 Å². The summed E-state index contributed by atoms with van der Waals surface area (Å²) >= 11 is 0. The summed E-state index contributed by atoms with van der Waals surface area (Å²) in [5.74, 6) is 2.87. The van der Waals surface area contributed by atoms with Crippen molar-refractivity contribution < 1.29 is 0 Å². The Balaban J connectivity index is 1.67. The Labute approximate surface area is 177 Å². The Morgan fingerprint density at radius 1 is 1.03 bits per heavy atom. The SMILES string of the molecule is C=C1C=C2CCC3C(=C2CC1)C(c1ccc(C)cc1)CC1(C)C(C(=C)C)CCC31. The Kier molecular flexibility index (Phi) is 4.53. The van der Waals surface area contributed by atoms with Gasteiger partial charge in [-0.3, -0.25) is 0 Å². The molecule has 2 fully saturated rings. The second-order valence-electron chi connectivity index (χ2n) is 10.7. The van der Waals surface area contributed by atoms with Crippen molar-refractivity contribution in [2.45, 2.75) is 71.6 Å². The van der Waals surface area contributed by atoms with Gasteiger partial charge in [0.05, 0.1) is 0 Å². The van der Waals surface area contributed by atoms with E-state index in [1.54, 1.807) is 16.7 Å². The Bertz CT molecular complexity index is 921. The van der Waals surface area contributed by atoms with Crippen LogP contribution in [0.4, 0.5) is 0 Å². The van der Waals surface area contributed by atoms with Gasteiger partial charge in [0.25, 0.3) is 0 Å². The molecular formula is C29H36. The fraction of sp³-hybridized carbons (Fsp3) is 0.517. The highest BCUT2D eigenvalue weighted by Gasteiger charge is 2.56. The Morgan fingerprint density at radius 2 is 1.79 bits per heavy atom. The van der Waals surface area contributed by atoms with Crippen LogP contribution in [0.3, 0.4) is 0 Å². The first-order valence-electron chi connectivity index (χ1n) is 11.7. The first-order chi connectivity index (χ1) is 13.9. The van der Waals surface area contributed by atoms with Crippen LogP contribution in [0.25, 0.3) is 0 Å². The zero-order chi connectivity index (χ0) is 20.3. The maximum absolute atomic E-state index is 4.43. The molecule has 29 heavy (non-hydrogen) atoms. The summed E-state index contributed by atoms with van der Waals surface area (Å²) in [6, 6.07) is 9.46. The molecule has 0 heteroatoms. The van der Waals surface area contributed by atoms with Gasteiger partial charge in [-0.25, -0.2) is 0 Å². The molecule has 1 aromatic carbocycles. The largest absolute Gasteiger partial charge is 0.0998 e. The third-order valence-electron chi connectivity index (χ3n) is 8.92. The molecule has 4 aliphatic carbocycles. The highest BCUT2D eigenvalue weighted by Crippen LogP contribution is 2.66. The van der Waals surface area contributed by atoms with Gasteiger partial charge in [0.15, 0.2) is 0 Å². The molecule has 0 radical (unpaired) electrons. The molecular weight excluding hydrogens is 348 g/mol. The number of hydrogen-bond donors (Lipinski definition) is 0. The second-order valence-corrected chi connectivity index (χ2v) is 10.7. The van der Waals surface area contributed by atoms with Gasteiger partial charge < -0.3 is 0 Å². The number of aryl methyl sites for hydroxylation is 1. The second kappa shape index (κ2) is 6.86. The van der Waals surface area contributed by atoms with E-state index in [0.29, 0.717) is 17.3 Å². The van der Waals surface area contributed by atoms with Gasteiger partial charge in [-0.2, -0.15) is 0 Å². The van der Waals surface area contributed by atoms with E-state index in [9.17, 15) is 0 Å². The molecule has 5 unspecified atom stereocenters. The minimum absolute atomic E-state index is 0.398. The van der Waals surface area contributed by atoms with Crippen molar-refractivity contribution in [3.8, 4) is 0 Å². The molecule has 0 nitrogen and oxygen atoms in total. The first-order valence-corrected chi connectivity index (χ1v) is 11.7. The molecule has 0 aliphatic heterocycles. The van der Waals surface area contributed by atoms with E-state index in [1.165, 1.54) is 55.2 Å². The van der Waals surface area contributed by atoms with Gasteiger partial charge in [0, 0.05) is 5.92 Å². The van der Waals surface area contributed by atoms with Crippen molar-refractivity contribution >= 4 is 0 Å². The number of allylic oxidation sites excluding steroid dienone is 6. The van der Waals surface area contributed by atoms with Crippen LogP contribution in [0, 0.1) is 30.1 Å². The summed E-state index contributed by atoms with van der Waals surface area (Å²) in [5, 5.41) is 0. The van der Waals surface area contributed by atoms with E-state index in [2.05, 4.69) is 64.3 Å². The number of benzene rings is 1. The van der Waals surface area contributed by atoms with Crippen LogP contribution < -0.4 is 0 Å². The van der Waals surface area contributed by atoms with Gasteiger partial charge in [-0.05, 0) is 98.7 Å². The molecule has 0 amide bonds. The molecule has 1 aromatic rings. The van der Waals surface area contributed by atoms with E-state index < -0.39 is 0 Å². The van der Waals surface area contributed by atoms with Crippen molar-refractivity contribution in [3.63, 3.8) is 0 Å². The lowest BCUT2D eigenvalue weighted by atomic mass is 9.51. The van der Waals surface area contributed by atoms with E-state index in [-0.39, 0.29) is 0 Å². The zero-order valence-electron chi connectivity index (χ0n) is 18.6. The van der Waals surface area contributed by atoms with Gasteiger partial charge in [-0.15, -0.1) is 0 Å². The van der Waals surface area contributed by atoms with Crippen LogP contribution in [0.5, 0.6) is 0 Å². The number of fused-ring (bicyclic) bond motifs is 4. The van der Waals surface area contributed by atoms with Crippen LogP contribution in [0.2, 0.25) is 0 Å². The van der Waals surface area contributed by atoms with Gasteiger partial charge >= 0.3 is 0 Å². The predicted octanol–water partition coefficient (Wildman–Crippen LogP) is 8.07. The highest BCUT2D eigenvalue weighted by atomic mass is 14.6. The van der Waals surface area contributed by atoms with E-state index in [1.807, 2.05) is 5.57 Å². The number of hydrogen-bond acceptors (Lipinski definition) is 0. The average Bonchev–Trinajstić information content (AvgIpc) is 3.04. The molecule has 0 N–H and O–H groups in total. The Hall–Kier alpha value is -1.82. The summed E-state index contributed by atoms with van der Waals surface area (Å²) in [7, 11) is 0. The fourth-order valence-corrected chi connectivity index (χ4v) is 7.66. The third-order valence-corrected chi connectivity index (χ3v) is 8.92. The molecule has 0 spiro atoms. The first kappa shape index (κ1) is 19.2. The lowest BCUT2D eigenvalue weighted by Crippen LogP contribution is -2.43. The van der Waals surface area contributed by atoms with E-state index >= 15 is 0 Å². The maximum atomic E-state index is 4.43. The lowest BCUT2D eigenvalue weighted by molar-refractivity contribution is 0.0776. The van der Waals surface area contributed by atoms with Gasteiger partial charge in [0.1, 0.15) is 0 Å². The van der Waals surface area contributed by atoms with Crippen molar-refractivity contribution in [3.05, 3.63) is 82.5 Å². The topological polar surface area (TPSA) is 0 Å². The molecule has 4 aliphatic rings. The number of rotatable bonds is 2. The predicted molar refractivity (Wildman–Crippen MR) is 124 cm³/mol. The highest BCUT2D eigenvalue weighted by molar-refractivity contribution is 5.51. The smallest absolute Gasteiger partial charge is 0.00624 e. The van der Waals surface area contributed by atoms with Crippen LogP contribution in [-0.4, -0.2) is 0 Å². The maximum Gasteiger partial charge on any atom is 0.00624 e. The molecule has 0 aromatic heterocycles. The monoisotopic (exact) mass is 384 g/mol. The van der Waals surface area contributed by atoms with Crippen LogP contribution in [-0.2, 0) is 0 Å². The van der Waals surface area contributed by atoms with Crippen molar-refractivity contribution in [1.29, 1.82) is 0 Å². The molecule has 0 heterocycles. The third kappa shape index (κ3) is 2.94. The van der Waals surface area contributed by atoms with E-state index in [4.69, 9.17) is 0 Å². The lowest BCUT2D eigenvalue weighted by Gasteiger charge is -2.53. The summed E-state index contributed by atoms with van der Waals surface area (Å²) in [6.45, 7) is 15.8. The normalized spacial score (nSPS) is 36.2. The minimum Gasteiger partial charge on any atom is -0.0998 e. The Morgan fingerprint density at radius 3 is 2.52 bits per heavy atom. The fourth-order valence-electron chi connectivity index (χ4n) is 7.66. The quantitative estimate of drug-likeness (QED) is 0.452. The van der Waals surface area contributed by atoms with Crippen LogP contribution >= 0.6 is 0 Å². The molecule has 0 bridgehead atoms. The van der Waals surface area contributed by atoms with Gasteiger partial charge in [0.2, 0.25) is 0 Å². The standard InChI is InChI=1S/C29H36/c1-18(2)26-14-15-27-24-13-11-22-16-20(4)8-12-23(22)28(24)25(17-29(26,27)5)21-9-6-19(3)7-10-21/h6-7,9-10,16,24-27H,1,4,8,11-15,17H2,2-3,5H3. The molecule has 2 saturated carbocycles. The summed E-state index contributed by atoms with van der Waals surface area (Å²) in [6.07, 6.45) is 11.4. The zero-order valence-corrected chi connectivity index (χ0v) is 18.6. The van der Waals surface area contributed by atoms with Crippen molar-refractivity contribution in [1.82, 2.24) is 0 Å². The summed E-state index contributed by atoms with van der Waals surface area (Å²) in [5.41, 5.74) is 11.2. The summed E-state index contributed by atoms with van der Waals surface area (Å²) in [4.78, 5) is 0. The minimum atomic E-state index is 0.398. The van der Waals surface area contributed by atoms with Crippen LogP contribution in [0.1, 0.15) is 75.8 Å². The molecule has 5 atom stereocenters.